The fourth-order valence-corrected chi connectivity index (χ4v) is 2.76. The Kier molecular flexibility index (Phi) is 4.64. The highest BCUT2D eigenvalue weighted by Gasteiger charge is 2.30. The number of nitrogens with one attached hydrogen (secondary N) is 1. The topological polar surface area (TPSA) is 95.8 Å². The Bertz CT molecular complexity index is 430. The number of halogens is 1. The third-order valence-corrected chi connectivity index (χ3v) is 3.93. The van der Waals surface area contributed by atoms with Crippen LogP contribution in [0.15, 0.2) is 23.1 Å². The Hall–Kier alpha value is -0.950. The summed E-state index contributed by atoms with van der Waals surface area (Å²) in [6, 6.07) is 4.76. The molecule has 17 heavy (non-hydrogen) atoms. The second-order valence-electron chi connectivity index (χ2n) is 3.32. The van der Waals surface area contributed by atoms with E-state index in [1.54, 1.807) is 13.2 Å². The van der Waals surface area contributed by atoms with Gasteiger partial charge in [0, 0.05) is 4.90 Å². The van der Waals surface area contributed by atoms with Crippen molar-refractivity contribution in [2.45, 2.75) is 15.6 Å². The van der Waals surface area contributed by atoms with Gasteiger partial charge in [-0.25, -0.2) is 0 Å². The molecule has 7 heteroatoms. The highest BCUT2D eigenvalue weighted by atomic mass is 35.5. The van der Waals surface area contributed by atoms with Gasteiger partial charge in [0.1, 0.15) is 16.5 Å². The number of ether oxygens (including phenoxy) is 1. The number of para-hydroxylation sites is 1. The standard InChI is InChI=1S/C10H11ClN2O2S.H2O/c1-15-5-3-2-4-6-8(5)13-10(14)7(12)9(11)16-6;/h2-4,7,9H,12H2,1H3,(H,13,14);1H2/t7-,9?;/m0./s1. The molecule has 1 aliphatic rings. The van der Waals surface area contributed by atoms with E-state index in [0.29, 0.717) is 11.4 Å². The number of fused-ring (bicyclic) bond motifs is 1. The maximum atomic E-state index is 11.7. The second-order valence-corrected chi connectivity index (χ2v) is 5.23. The van der Waals surface area contributed by atoms with Crippen LogP contribution < -0.4 is 15.8 Å². The minimum atomic E-state index is -0.733. The van der Waals surface area contributed by atoms with Crippen LogP contribution in [0.2, 0.25) is 0 Å². The Labute approximate surface area is 108 Å². The molecule has 1 heterocycles. The van der Waals surface area contributed by atoms with Gasteiger partial charge in [0.15, 0.2) is 0 Å². The third kappa shape index (κ3) is 2.66. The summed E-state index contributed by atoms with van der Waals surface area (Å²) in [4.78, 5) is 12.5. The Morgan fingerprint density at radius 2 is 2.24 bits per heavy atom. The summed E-state index contributed by atoms with van der Waals surface area (Å²) < 4.78 is 4.70. The molecule has 0 aliphatic carbocycles. The molecule has 0 spiro atoms. The average molecular weight is 277 g/mol. The van der Waals surface area contributed by atoms with E-state index >= 15 is 0 Å². The van der Waals surface area contributed by atoms with Crippen LogP contribution in [0.3, 0.4) is 0 Å². The molecule has 0 saturated carbocycles. The molecule has 1 aromatic carbocycles. The molecule has 0 saturated heterocycles. The van der Waals surface area contributed by atoms with Crippen molar-refractivity contribution in [2.75, 3.05) is 12.4 Å². The lowest BCUT2D eigenvalue weighted by molar-refractivity contribution is -0.117. The van der Waals surface area contributed by atoms with Gasteiger partial charge in [0.2, 0.25) is 5.91 Å². The minimum absolute atomic E-state index is 0. The zero-order valence-electron chi connectivity index (χ0n) is 9.07. The first-order valence-electron chi connectivity index (χ1n) is 4.67. The van der Waals surface area contributed by atoms with E-state index in [1.165, 1.54) is 11.8 Å². The summed E-state index contributed by atoms with van der Waals surface area (Å²) in [5.41, 5.74) is 6.32. The van der Waals surface area contributed by atoms with E-state index in [9.17, 15) is 4.79 Å². The van der Waals surface area contributed by atoms with Crippen molar-refractivity contribution >= 4 is 35.0 Å². The van der Waals surface area contributed by atoms with Crippen LogP contribution in [0.1, 0.15) is 0 Å². The zero-order valence-corrected chi connectivity index (χ0v) is 10.6. The SMILES string of the molecule is COc1cccc2c1NC(=O)[C@@H](N)C(Cl)S2.O. The van der Waals surface area contributed by atoms with Gasteiger partial charge in [-0.3, -0.25) is 4.79 Å². The molecule has 2 rings (SSSR count). The predicted molar refractivity (Wildman–Crippen MR) is 68.7 cm³/mol. The molecule has 1 aromatic rings. The number of hydrogen-bond donors (Lipinski definition) is 2. The normalized spacial score (nSPS) is 22.9. The van der Waals surface area contributed by atoms with E-state index in [1.807, 2.05) is 12.1 Å². The van der Waals surface area contributed by atoms with Crippen molar-refractivity contribution in [3.05, 3.63) is 18.2 Å². The van der Waals surface area contributed by atoms with Crippen molar-refractivity contribution < 1.29 is 15.0 Å². The number of amides is 1. The largest absolute Gasteiger partial charge is 0.495 e. The van der Waals surface area contributed by atoms with E-state index in [2.05, 4.69) is 5.32 Å². The lowest BCUT2D eigenvalue weighted by Crippen LogP contribution is -2.40. The fourth-order valence-electron chi connectivity index (χ4n) is 1.42. The van der Waals surface area contributed by atoms with Gasteiger partial charge in [-0.1, -0.05) is 6.07 Å². The highest BCUT2D eigenvalue weighted by molar-refractivity contribution is 8.01. The molecule has 0 radical (unpaired) electrons. The number of benzene rings is 1. The molecule has 1 aliphatic heterocycles. The van der Waals surface area contributed by atoms with Gasteiger partial charge in [0.25, 0.3) is 0 Å². The van der Waals surface area contributed by atoms with Crippen molar-refractivity contribution in [3.63, 3.8) is 0 Å². The Balaban J connectivity index is 0.00000144. The number of alkyl halides is 1. The molecule has 1 amide bonds. The van der Waals surface area contributed by atoms with Gasteiger partial charge in [0.05, 0.1) is 12.8 Å². The molecule has 0 bridgehead atoms. The summed E-state index contributed by atoms with van der Waals surface area (Å²) >= 11 is 7.38. The summed E-state index contributed by atoms with van der Waals surface area (Å²) in [6.45, 7) is 0. The number of hydrogen-bond acceptors (Lipinski definition) is 4. The van der Waals surface area contributed by atoms with Crippen LogP contribution in [0, 0.1) is 0 Å². The zero-order chi connectivity index (χ0) is 11.7. The highest BCUT2D eigenvalue weighted by Crippen LogP contribution is 2.41. The maximum absolute atomic E-state index is 11.7. The molecule has 5 N–H and O–H groups in total. The number of methoxy groups -OCH3 is 1. The number of rotatable bonds is 1. The van der Waals surface area contributed by atoms with Crippen LogP contribution in [-0.4, -0.2) is 29.2 Å². The summed E-state index contributed by atoms with van der Waals surface area (Å²) in [5.74, 6) is 0.312. The summed E-state index contributed by atoms with van der Waals surface area (Å²) in [5, 5.41) is 2.73. The number of carbonyl (C=O) groups excluding carboxylic acids is 1. The van der Waals surface area contributed by atoms with E-state index in [4.69, 9.17) is 22.1 Å². The molecule has 94 valence electrons. The first kappa shape index (κ1) is 14.1. The predicted octanol–water partition coefficient (Wildman–Crippen LogP) is 0.807. The molecule has 0 aromatic heterocycles. The molecule has 2 atom stereocenters. The second kappa shape index (κ2) is 5.59. The van der Waals surface area contributed by atoms with Gasteiger partial charge in [-0.2, -0.15) is 0 Å². The van der Waals surface area contributed by atoms with Crippen molar-refractivity contribution in [1.29, 1.82) is 0 Å². The van der Waals surface area contributed by atoms with Gasteiger partial charge in [-0.05, 0) is 12.1 Å². The van der Waals surface area contributed by atoms with Crippen LogP contribution in [-0.2, 0) is 4.79 Å². The lowest BCUT2D eigenvalue weighted by Gasteiger charge is -2.11. The number of carbonyl (C=O) groups is 1. The Morgan fingerprint density at radius 3 is 2.88 bits per heavy atom. The van der Waals surface area contributed by atoms with Crippen LogP contribution in [0.5, 0.6) is 5.75 Å². The molecule has 0 fully saturated rings. The van der Waals surface area contributed by atoms with Crippen molar-refractivity contribution in [2.24, 2.45) is 5.73 Å². The maximum Gasteiger partial charge on any atom is 0.243 e. The van der Waals surface area contributed by atoms with Crippen molar-refractivity contribution in [1.82, 2.24) is 0 Å². The Morgan fingerprint density at radius 1 is 1.53 bits per heavy atom. The number of anilines is 1. The average Bonchev–Trinajstić information content (AvgIpc) is 2.39. The lowest BCUT2D eigenvalue weighted by atomic mass is 10.2. The molecular formula is C10H13ClN2O3S. The third-order valence-electron chi connectivity index (χ3n) is 2.28. The first-order chi connectivity index (χ1) is 7.63. The van der Waals surface area contributed by atoms with E-state index in [0.717, 1.165) is 4.90 Å². The van der Waals surface area contributed by atoms with Gasteiger partial charge in [-0.15, -0.1) is 23.4 Å². The van der Waals surface area contributed by atoms with Crippen LogP contribution in [0.25, 0.3) is 0 Å². The fraction of sp³-hybridized carbons (Fsp3) is 0.300. The van der Waals surface area contributed by atoms with Crippen LogP contribution >= 0.6 is 23.4 Å². The monoisotopic (exact) mass is 276 g/mol. The summed E-state index contributed by atoms with van der Waals surface area (Å²) in [6.07, 6.45) is 0. The molecule has 5 nitrogen and oxygen atoms in total. The van der Waals surface area contributed by atoms with Gasteiger partial charge >= 0.3 is 0 Å². The quantitative estimate of drug-likeness (QED) is 0.742. The first-order valence-corrected chi connectivity index (χ1v) is 5.99. The number of thioether (sulfide) groups is 1. The minimum Gasteiger partial charge on any atom is -0.495 e. The van der Waals surface area contributed by atoms with E-state index in [-0.39, 0.29) is 11.4 Å². The van der Waals surface area contributed by atoms with Crippen LogP contribution in [0.4, 0.5) is 5.69 Å². The number of nitrogens with two attached hydrogens (primary N) is 1. The van der Waals surface area contributed by atoms with Gasteiger partial charge < -0.3 is 21.3 Å². The molecule has 1 unspecified atom stereocenters. The molecular weight excluding hydrogens is 264 g/mol. The van der Waals surface area contributed by atoms with Crippen molar-refractivity contribution in [3.8, 4) is 5.75 Å². The van der Waals surface area contributed by atoms with E-state index < -0.39 is 10.8 Å². The smallest absolute Gasteiger partial charge is 0.243 e. The summed E-state index contributed by atoms with van der Waals surface area (Å²) in [7, 11) is 1.55.